The molecule has 0 atom stereocenters. The molecule has 0 aliphatic rings. The summed E-state index contributed by atoms with van der Waals surface area (Å²) in [6.07, 6.45) is 3.42. The van der Waals surface area contributed by atoms with Crippen LogP contribution in [0.1, 0.15) is 0 Å². The topological polar surface area (TPSA) is 33.0 Å². The van der Waals surface area contributed by atoms with E-state index in [4.69, 9.17) is 5.26 Å². The fourth-order valence-corrected chi connectivity index (χ4v) is 0.866. The summed E-state index contributed by atoms with van der Waals surface area (Å²) in [5.74, 6) is 0. The van der Waals surface area contributed by atoms with Crippen molar-refractivity contribution in [1.82, 2.24) is 0 Å². The molecule has 6 heteroatoms. The largest absolute Gasteiger partial charge is 0.504 e. The molecule has 13 heavy (non-hydrogen) atoms. The predicted molar refractivity (Wildman–Crippen MR) is 43.5 cm³/mol. The highest BCUT2D eigenvalue weighted by Crippen LogP contribution is 2.35. The molecule has 0 aromatic carbocycles. The van der Waals surface area contributed by atoms with E-state index in [9.17, 15) is 13.2 Å². The van der Waals surface area contributed by atoms with Gasteiger partial charge in [-0.05, 0) is 23.9 Å². The van der Waals surface area contributed by atoms with Gasteiger partial charge in [0.15, 0.2) is 0 Å². The summed E-state index contributed by atoms with van der Waals surface area (Å²) >= 11 is -0.455. The lowest BCUT2D eigenvalue weighted by molar-refractivity contribution is -0.0321. The van der Waals surface area contributed by atoms with Gasteiger partial charge in [0.05, 0.1) is 18.3 Å². The minimum atomic E-state index is -4.43. The van der Waals surface area contributed by atoms with Crippen LogP contribution in [0.3, 0.4) is 0 Å². The summed E-state index contributed by atoms with van der Waals surface area (Å²) in [6.45, 7) is 0. The molecule has 0 fully saturated rings. The van der Waals surface area contributed by atoms with Gasteiger partial charge in [-0.25, -0.2) is 0 Å². The molecule has 0 aromatic rings. The van der Waals surface area contributed by atoms with E-state index in [-0.39, 0.29) is 0 Å². The fourth-order valence-electron chi connectivity index (χ4n) is 0.424. The van der Waals surface area contributed by atoms with Crippen LogP contribution in [0.15, 0.2) is 23.3 Å². The first kappa shape index (κ1) is 11.9. The monoisotopic (exact) mass is 209 g/mol. The third kappa shape index (κ3) is 7.28. The van der Waals surface area contributed by atoms with E-state index in [0.717, 1.165) is 6.08 Å². The van der Waals surface area contributed by atoms with Crippen molar-refractivity contribution in [2.45, 2.75) is 5.51 Å². The van der Waals surface area contributed by atoms with Crippen LogP contribution in [0.5, 0.6) is 0 Å². The Bertz CT molecular complexity index is 251. The van der Waals surface area contributed by atoms with Gasteiger partial charge in [-0.2, -0.15) is 18.4 Å². The molecular formula is C7H6F3NOS. The van der Waals surface area contributed by atoms with Gasteiger partial charge in [-0.1, -0.05) is 0 Å². The summed E-state index contributed by atoms with van der Waals surface area (Å²) in [5.41, 5.74) is -4.43. The van der Waals surface area contributed by atoms with Crippen LogP contribution in [0.25, 0.3) is 0 Å². The molecule has 0 aliphatic heterocycles. The lowest BCUT2D eigenvalue weighted by Crippen LogP contribution is -1.99. The van der Waals surface area contributed by atoms with Gasteiger partial charge >= 0.3 is 5.51 Å². The smallest absolute Gasteiger partial charge is 0.447 e. The molecule has 0 spiro atoms. The SMILES string of the molecule is CO/C=C\C=C(\C#N)SC(F)(F)F. The maximum Gasteiger partial charge on any atom is 0.447 e. The van der Waals surface area contributed by atoms with Gasteiger partial charge in [-0.3, -0.25) is 0 Å². The lowest BCUT2D eigenvalue weighted by Gasteiger charge is -2.01. The summed E-state index contributed by atoms with van der Waals surface area (Å²) in [6, 6.07) is 1.41. The summed E-state index contributed by atoms with van der Waals surface area (Å²) in [5, 5.41) is 8.27. The molecule has 0 saturated carbocycles. The number of methoxy groups -OCH3 is 1. The maximum atomic E-state index is 11.7. The van der Waals surface area contributed by atoms with Gasteiger partial charge in [-0.15, -0.1) is 0 Å². The third-order valence-corrected chi connectivity index (χ3v) is 1.48. The number of rotatable bonds is 3. The molecule has 0 aliphatic carbocycles. The van der Waals surface area contributed by atoms with E-state index in [1.54, 1.807) is 0 Å². The first-order valence-corrected chi connectivity index (χ1v) is 3.86. The Labute approximate surface area is 77.7 Å². The molecule has 0 unspecified atom stereocenters. The summed E-state index contributed by atoms with van der Waals surface area (Å²) < 4.78 is 39.6. The van der Waals surface area contributed by atoms with Crippen molar-refractivity contribution in [2.75, 3.05) is 7.11 Å². The molecule has 0 saturated heterocycles. The van der Waals surface area contributed by atoms with E-state index in [1.165, 1.54) is 25.5 Å². The Balaban J connectivity index is 4.29. The van der Waals surface area contributed by atoms with Gasteiger partial charge in [0, 0.05) is 0 Å². The quantitative estimate of drug-likeness (QED) is 0.407. The average Bonchev–Trinajstić information content (AvgIpc) is 2.01. The molecule has 0 bridgehead atoms. The van der Waals surface area contributed by atoms with Crippen molar-refractivity contribution >= 4 is 11.8 Å². The predicted octanol–water partition coefficient (Wildman–Crippen LogP) is 2.81. The molecule has 0 aromatic heterocycles. The van der Waals surface area contributed by atoms with Crippen molar-refractivity contribution in [3.8, 4) is 6.07 Å². The van der Waals surface area contributed by atoms with Crippen LogP contribution in [-0.4, -0.2) is 12.6 Å². The number of allylic oxidation sites excluding steroid dienone is 3. The van der Waals surface area contributed by atoms with E-state index in [1.807, 2.05) is 0 Å². The number of halogens is 3. The van der Waals surface area contributed by atoms with Crippen LogP contribution in [0.4, 0.5) is 13.2 Å². The first-order valence-electron chi connectivity index (χ1n) is 3.05. The molecule has 0 radical (unpaired) electrons. The van der Waals surface area contributed by atoms with Gasteiger partial charge in [0.2, 0.25) is 0 Å². The second-order valence-electron chi connectivity index (χ2n) is 1.75. The van der Waals surface area contributed by atoms with E-state index < -0.39 is 22.2 Å². The Morgan fingerprint density at radius 2 is 2.15 bits per heavy atom. The molecule has 0 amide bonds. The van der Waals surface area contributed by atoms with Crippen molar-refractivity contribution in [1.29, 1.82) is 5.26 Å². The maximum absolute atomic E-state index is 11.7. The zero-order valence-electron chi connectivity index (χ0n) is 6.63. The number of alkyl halides is 3. The number of thioether (sulfide) groups is 1. The standard InChI is InChI=1S/C7H6F3NOS/c1-12-4-2-3-6(5-11)13-7(8,9)10/h2-4H,1H3/b4-2-,6-3-. The summed E-state index contributed by atoms with van der Waals surface area (Å²) in [7, 11) is 1.35. The Morgan fingerprint density at radius 1 is 1.54 bits per heavy atom. The van der Waals surface area contributed by atoms with Crippen LogP contribution in [-0.2, 0) is 4.74 Å². The second-order valence-corrected chi connectivity index (χ2v) is 2.86. The number of nitrogens with zero attached hydrogens (tertiary/aromatic N) is 1. The number of hydrogen-bond acceptors (Lipinski definition) is 3. The van der Waals surface area contributed by atoms with Crippen LogP contribution >= 0.6 is 11.8 Å². The number of hydrogen-bond donors (Lipinski definition) is 0. The van der Waals surface area contributed by atoms with Gasteiger partial charge < -0.3 is 4.74 Å². The fraction of sp³-hybridized carbons (Fsp3) is 0.286. The van der Waals surface area contributed by atoms with Crippen molar-refractivity contribution < 1.29 is 17.9 Å². The van der Waals surface area contributed by atoms with Gasteiger partial charge in [0.25, 0.3) is 0 Å². The van der Waals surface area contributed by atoms with Crippen molar-refractivity contribution in [3.05, 3.63) is 23.3 Å². The van der Waals surface area contributed by atoms with Crippen molar-refractivity contribution in [2.24, 2.45) is 0 Å². The zero-order chi connectivity index (χ0) is 10.3. The lowest BCUT2D eigenvalue weighted by atomic mass is 10.5. The molecule has 0 heterocycles. The van der Waals surface area contributed by atoms with Crippen LogP contribution in [0.2, 0.25) is 0 Å². The minimum Gasteiger partial charge on any atom is -0.504 e. The molecule has 0 rings (SSSR count). The van der Waals surface area contributed by atoms with Crippen LogP contribution < -0.4 is 0 Å². The molecule has 72 valence electrons. The average molecular weight is 209 g/mol. The van der Waals surface area contributed by atoms with Gasteiger partial charge in [0.1, 0.15) is 6.07 Å². The van der Waals surface area contributed by atoms with E-state index in [0.29, 0.717) is 0 Å². The van der Waals surface area contributed by atoms with E-state index >= 15 is 0 Å². The molecule has 0 N–H and O–H groups in total. The third-order valence-electron chi connectivity index (χ3n) is 0.798. The normalized spacial score (nSPS) is 13.0. The highest BCUT2D eigenvalue weighted by atomic mass is 32.2. The zero-order valence-corrected chi connectivity index (χ0v) is 7.45. The van der Waals surface area contributed by atoms with E-state index in [2.05, 4.69) is 4.74 Å². The molecular weight excluding hydrogens is 203 g/mol. The second kappa shape index (κ2) is 5.54. The first-order chi connectivity index (χ1) is 5.99. The highest BCUT2D eigenvalue weighted by Gasteiger charge is 2.30. The number of nitriles is 1. The number of ether oxygens (including phenoxy) is 1. The van der Waals surface area contributed by atoms with Crippen molar-refractivity contribution in [3.63, 3.8) is 0 Å². The Kier molecular flexibility index (Phi) is 5.07. The highest BCUT2D eigenvalue weighted by molar-refractivity contribution is 8.04. The minimum absolute atomic E-state index is 0.430. The molecule has 2 nitrogen and oxygen atoms in total. The van der Waals surface area contributed by atoms with Crippen LogP contribution in [0, 0.1) is 11.3 Å². The summed E-state index contributed by atoms with van der Waals surface area (Å²) in [4.78, 5) is -0.430. The Hall–Kier alpha value is -1.09. The Morgan fingerprint density at radius 3 is 2.54 bits per heavy atom.